The van der Waals surface area contributed by atoms with Crippen LogP contribution in [0.5, 0.6) is 0 Å². The maximum atomic E-state index is 5.94. The van der Waals surface area contributed by atoms with Gasteiger partial charge in [-0.2, -0.15) is 0 Å². The van der Waals surface area contributed by atoms with Crippen molar-refractivity contribution in [3.63, 3.8) is 0 Å². The third kappa shape index (κ3) is 5.57. The number of allylic oxidation sites excluding steroid dienone is 2. The second kappa shape index (κ2) is 9.38. The SMILES string of the molecule is CCO[Si](CC/C=C(/c1ccccc1)C1CC1)(OCC)OCC. The van der Waals surface area contributed by atoms with Gasteiger partial charge in [0.05, 0.1) is 0 Å². The van der Waals surface area contributed by atoms with Crippen LogP contribution in [0.2, 0.25) is 6.04 Å². The van der Waals surface area contributed by atoms with Crippen molar-refractivity contribution < 1.29 is 13.3 Å². The summed E-state index contributed by atoms with van der Waals surface area (Å²) < 4.78 is 17.8. The minimum absolute atomic E-state index is 0.643. The molecule has 1 aliphatic rings. The molecule has 23 heavy (non-hydrogen) atoms. The van der Waals surface area contributed by atoms with Gasteiger partial charge in [-0.05, 0) is 57.1 Å². The molecule has 3 nitrogen and oxygen atoms in total. The fourth-order valence-corrected chi connectivity index (χ4v) is 5.45. The van der Waals surface area contributed by atoms with E-state index in [1.54, 1.807) is 0 Å². The van der Waals surface area contributed by atoms with Crippen molar-refractivity contribution in [1.29, 1.82) is 0 Å². The lowest BCUT2D eigenvalue weighted by atomic mass is 10.0. The Labute approximate surface area is 142 Å². The van der Waals surface area contributed by atoms with E-state index in [1.807, 2.05) is 20.8 Å². The summed E-state index contributed by atoms with van der Waals surface area (Å²) in [5.41, 5.74) is 2.84. The molecule has 0 atom stereocenters. The zero-order valence-corrected chi connectivity index (χ0v) is 15.7. The van der Waals surface area contributed by atoms with E-state index in [9.17, 15) is 0 Å². The van der Waals surface area contributed by atoms with Crippen LogP contribution in [0.15, 0.2) is 36.4 Å². The quantitative estimate of drug-likeness (QED) is 0.538. The lowest BCUT2D eigenvalue weighted by Gasteiger charge is -2.28. The molecular formula is C19H30O3Si. The zero-order valence-electron chi connectivity index (χ0n) is 14.7. The average Bonchev–Trinajstić information content (AvgIpc) is 3.38. The number of hydrogen-bond donors (Lipinski definition) is 0. The molecule has 0 bridgehead atoms. The fraction of sp³-hybridized carbons (Fsp3) is 0.579. The standard InChI is InChI=1S/C19H30O3Si/c1-4-20-23(21-5-2,22-6-3)16-10-13-19(18-14-15-18)17-11-8-7-9-12-17/h7-9,11-13,18H,4-6,10,14-16H2,1-3H3/b19-13-. The summed E-state index contributed by atoms with van der Waals surface area (Å²) in [6.07, 6.45) is 5.95. The van der Waals surface area contributed by atoms with Gasteiger partial charge in [-0.3, -0.25) is 0 Å². The summed E-state index contributed by atoms with van der Waals surface area (Å²) in [5, 5.41) is 0. The van der Waals surface area contributed by atoms with Crippen molar-refractivity contribution >= 4 is 14.4 Å². The van der Waals surface area contributed by atoms with E-state index < -0.39 is 8.80 Å². The second-order valence-electron chi connectivity index (χ2n) is 5.82. The Bertz CT molecular complexity index is 466. The van der Waals surface area contributed by atoms with Crippen LogP contribution in [0.25, 0.3) is 5.57 Å². The molecule has 1 aromatic carbocycles. The van der Waals surface area contributed by atoms with Crippen LogP contribution in [0.1, 0.15) is 45.6 Å². The van der Waals surface area contributed by atoms with Gasteiger partial charge in [0.25, 0.3) is 0 Å². The van der Waals surface area contributed by atoms with Gasteiger partial charge in [-0.1, -0.05) is 36.4 Å². The molecule has 0 N–H and O–H groups in total. The third-order valence-corrected chi connectivity index (χ3v) is 7.12. The van der Waals surface area contributed by atoms with Gasteiger partial charge in [-0.25, -0.2) is 0 Å². The number of benzene rings is 1. The van der Waals surface area contributed by atoms with Gasteiger partial charge < -0.3 is 13.3 Å². The van der Waals surface area contributed by atoms with Crippen molar-refractivity contribution in [1.82, 2.24) is 0 Å². The molecular weight excluding hydrogens is 304 g/mol. The van der Waals surface area contributed by atoms with E-state index in [0.29, 0.717) is 19.8 Å². The van der Waals surface area contributed by atoms with Gasteiger partial charge >= 0.3 is 8.80 Å². The van der Waals surface area contributed by atoms with Gasteiger partial charge in [0, 0.05) is 25.9 Å². The molecule has 0 spiro atoms. The van der Waals surface area contributed by atoms with Gasteiger partial charge in [0.15, 0.2) is 0 Å². The molecule has 2 rings (SSSR count). The van der Waals surface area contributed by atoms with Gasteiger partial charge in [0.1, 0.15) is 0 Å². The molecule has 0 amide bonds. The number of rotatable bonds is 11. The maximum absolute atomic E-state index is 5.94. The molecule has 0 aliphatic heterocycles. The molecule has 1 aliphatic carbocycles. The predicted molar refractivity (Wildman–Crippen MR) is 97.2 cm³/mol. The molecule has 0 aromatic heterocycles. The van der Waals surface area contributed by atoms with Crippen LogP contribution in [0.4, 0.5) is 0 Å². The van der Waals surface area contributed by atoms with Crippen molar-refractivity contribution in [3.05, 3.63) is 42.0 Å². The molecule has 4 heteroatoms. The van der Waals surface area contributed by atoms with Crippen LogP contribution < -0.4 is 0 Å². The van der Waals surface area contributed by atoms with Crippen LogP contribution in [0, 0.1) is 5.92 Å². The lowest BCUT2D eigenvalue weighted by Crippen LogP contribution is -2.45. The van der Waals surface area contributed by atoms with Crippen molar-refractivity contribution in [2.24, 2.45) is 5.92 Å². The van der Waals surface area contributed by atoms with Gasteiger partial charge in [0.2, 0.25) is 0 Å². The Hall–Kier alpha value is -0.943. The van der Waals surface area contributed by atoms with Crippen molar-refractivity contribution in [3.8, 4) is 0 Å². The maximum Gasteiger partial charge on any atom is 0.501 e. The Morgan fingerprint density at radius 3 is 2.04 bits per heavy atom. The summed E-state index contributed by atoms with van der Waals surface area (Å²) >= 11 is 0. The Morgan fingerprint density at radius 1 is 1.00 bits per heavy atom. The summed E-state index contributed by atoms with van der Waals surface area (Å²) in [6.45, 7) is 7.96. The molecule has 1 saturated carbocycles. The molecule has 128 valence electrons. The number of hydrogen-bond acceptors (Lipinski definition) is 3. The van der Waals surface area contributed by atoms with E-state index in [1.165, 1.54) is 24.0 Å². The highest BCUT2D eigenvalue weighted by Crippen LogP contribution is 2.42. The van der Waals surface area contributed by atoms with E-state index in [-0.39, 0.29) is 0 Å². The van der Waals surface area contributed by atoms with Crippen LogP contribution in [-0.4, -0.2) is 28.6 Å². The molecule has 1 fully saturated rings. The van der Waals surface area contributed by atoms with Crippen LogP contribution in [-0.2, 0) is 13.3 Å². The van der Waals surface area contributed by atoms with Gasteiger partial charge in [-0.15, -0.1) is 0 Å². The molecule has 1 aromatic rings. The first-order valence-corrected chi connectivity index (χ1v) is 10.8. The largest absolute Gasteiger partial charge is 0.501 e. The summed E-state index contributed by atoms with van der Waals surface area (Å²) in [5.74, 6) is 0.736. The van der Waals surface area contributed by atoms with Crippen LogP contribution in [0.3, 0.4) is 0 Å². The van der Waals surface area contributed by atoms with E-state index >= 15 is 0 Å². The summed E-state index contributed by atoms with van der Waals surface area (Å²) in [6, 6.07) is 11.6. The minimum atomic E-state index is -2.52. The first-order valence-electron chi connectivity index (χ1n) is 8.92. The molecule has 0 heterocycles. The monoisotopic (exact) mass is 334 g/mol. The highest BCUT2D eigenvalue weighted by Gasteiger charge is 2.39. The molecule has 0 radical (unpaired) electrons. The fourth-order valence-electron chi connectivity index (χ4n) is 2.95. The lowest BCUT2D eigenvalue weighted by molar-refractivity contribution is 0.0716. The van der Waals surface area contributed by atoms with Crippen molar-refractivity contribution in [2.75, 3.05) is 19.8 Å². The summed E-state index contributed by atoms with van der Waals surface area (Å²) in [7, 11) is -2.52. The second-order valence-corrected chi connectivity index (χ2v) is 8.55. The summed E-state index contributed by atoms with van der Waals surface area (Å²) in [4.78, 5) is 0. The molecule has 0 saturated heterocycles. The Kier molecular flexibility index (Phi) is 7.50. The third-order valence-electron chi connectivity index (χ3n) is 4.03. The minimum Gasteiger partial charge on any atom is -0.374 e. The Balaban J connectivity index is 2.05. The van der Waals surface area contributed by atoms with Crippen molar-refractivity contribution in [2.45, 2.75) is 46.1 Å². The predicted octanol–water partition coefficient (Wildman–Crippen LogP) is 4.92. The topological polar surface area (TPSA) is 27.7 Å². The van der Waals surface area contributed by atoms with E-state index in [2.05, 4.69) is 36.4 Å². The van der Waals surface area contributed by atoms with E-state index in [4.69, 9.17) is 13.3 Å². The highest BCUT2D eigenvalue weighted by atomic mass is 28.4. The molecule has 0 unspecified atom stereocenters. The van der Waals surface area contributed by atoms with E-state index in [0.717, 1.165) is 18.4 Å². The van der Waals surface area contributed by atoms with Crippen LogP contribution >= 0.6 is 0 Å². The zero-order chi connectivity index (χ0) is 16.5. The average molecular weight is 335 g/mol. The highest BCUT2D eigenvalue weighted by molar-refractivity contribution is 6.60. The normalized spacial score (nSPS) is 15.9. The smallest absolute Gasteiger partial charge is 0.374 e. The first-order chi connectivity index (χ1) is 11.2. The first kappa shape index (κ1) is 18.4. The Morgan fingerprint density at radius 2 is 1.57 bits per heavy atom.